The van der Waals surface area contributed by atoms with Gasteiger partial charge in [-0.05, 0) is 39.4 Å². The van der Waals surface area contributed by atoms with Gasteiger partial charge in [0, 0.05) is 4.47 Å². The van der Waals surface area contributed by atoms with Crippen LogP contribution < -0.4 is 11.1 Å². The molecular weight excluding hydrogens is 336 g/mol. The highest BCUT2D eigenvalue weighted by molar-refractivity contribution is 9.10. The normalized spacial score (nSPS) is 10.2. The van der Waals surface area contributed by atoms with E-state index in [0.717, 1.165) is 17.5 Å². The highest BCUT2D eigenvalue weighted by Crippen LogP contribution is 2.27. The van der Waals surface area contributed by atoms with Crippen LogP contribution in [0.4, 0.5) is 15.8 Å². The monoisotopic (exact) mass is 342 g/mol. The highest BCUT2D eigenvalue weighted by atomic mass is 79.9. The Bertz CT molecular complexity index is 658. The molecule has 1 aromatic carbocycles. The zero-order chi connectivity index (χ0) is 14.0. The lowest BCUT2D eigenvalue weighted by Gasteiger charge is -2.06. The number of nitrogens with two attached hydrogens (primary N) is 1. The Kier molecular flexibility index (Phi) is 3.76. The standard InChI is InChI=1S/C10H7BrN4O3S/c11-6-3-1-2-5(8(6)12)9(16)14-10-13-4-7(19-10)15(17)18/h1-4H,12H2,(H,13,14,16). The van der Waals surface area contributed by atoms with Gasteiger partial charge in [0.2, 0.25) is 0 Å². The summed E-state index contributed by atoms with van der Waals surface area (Å²) >= 11 is 3.99. The maximum Gasteiger partial charge on any atom is 0.345 e. The quantitative estimate of drug-likeness (QED) is 0.506. The van der Waals surface area contributed by atoms with Crippen LogP contribution in [0, 0.1) is 10.1 Å². The number of rotatable bonds is 3. The van der Waals surface area contributed by atoms with Gasteiger partial charge >= 0.3 is 5.00 Å². The number of amides is 1. The molecule has 0 fully saturated rings. The summed E-state index contributed by atoms with van der Waals surface area (Å²) in [6, 6.07) is 4.93. The molecule has 2 rings (SSSR count). The fourth-order valence-corrected chi connectivity index (χ4v) is 2.30. The molecule has 0 aliphatic carbocycles. The number of carbonyl (C=O) groups excluding carboxylic acids is 1. The van der Waals surface area contributed by atoms with Crippen molar-refractivity contribution in [1.82, 2.24) is 4.98 Å². The smallest absolute Gasteiger partial charge is 0.345 e. The van der Waals surface area contributed by atoms with Crippen molar-refractivity contribution in [3.05, 3.63) is 44.5 Å². The average molecular weight is 343 g/mol. The molecule has 9 heteroatoms. The van der Waals surface area contributed by atoms with Crippen LogP contribution >= 0.6 is 27.3 Å². The summed E-state index contributed by atoms with van der Waals surface area (Å²) in [6.45, 7) is 0. The minimum Gasteiger partial charge on any atom is -0.397 e. The van der Waals surface area contributed by atoms with Crippen molar-refractivity contribution in [2.45, 2.75) is 0 Å². The molecule has 1 amide bonds. The number of nitrogen functional groups attached to an aromatic ring is 1. The summed E-state index contributed by atoms with van der Waals surface area (Å²) in [5.74, 6) is -0.469. The van der Waals surface area contributed by atoms with Crippen LogP contribution in [-0.4, -0.2) is 15.8 Å². The van der Waals surface area contributed by atoms with E-state index in [-0.39, 0.29) is 15.7 Å². The van der Waals surface area contributed by atoms with E-state index in [1.807, 2.05) is 0 Å². The number of nitrogens with one attached hydrogen (secondary N) is 1. The zero-order valence-corrected chi connectivity index (χ0v) is 11.7. The predicted octanol–water partition coefficient (Wildman–Crippen LogP) is 2.65. The largest absolute Gasteiger partial charge is 0.397 e. The average Bonchev–Trinajstić information content (AvgIpc) is 2.81. The lowest BCUT2D eigenvalue weighted by atomic mass is 10.2. The maximum atomic E-state index is 12.0. The predicted molar refractivity (Wildman–Crippen MR) is 75.3 cm³/mol. The molecule has 3 N–H and O–H groups in total. The summed E-state index contributed by atoms with van der Waals surface area (Å²) in [6.07, 6.45) is 1.09. The van der Waals surface area contributed by atoms with E-state index in [9.17, 15) is 14.9 Å². The Morgan fingerprint density at radius 2 is 2.26 bits per heavy atom. The first-order valence-corrected chi connectivity index (χ1v) is 6.55. The number of nitrogens with zero attached hydrogens (tertiary/aromatic N) is 2. The van der Waals surface area contributed by atoms with Crippen LogP contribution in [-0.2, 0) is 0 Å². The van der Waals surface area contributed by atoms with Gasteiger partial charge in [0.1, 0.15) is 6.20 Å². The van der Waals surface area contributed by atoms with Crippen molar-refractivity contribution >= 4 is 49.0 Å². The van der Waals surface area contributed by atoms with E-state index in [4.69, 9.17) is 5.73 Å². The van der Waals surface area contributed by atoms with Crippen molar-refractivity contribution in [1.29, 1.82) is 0 Å². The van der Waals surface area contributed by atoms with Gasteiger partial charge < -0.3 is 5.73 Å². The molecule has 98 valence electrons. The lowest BCUT2D eigenvalue weighted by Crippen LogP contribution is -2.14. The number of nitro groups is 1. The van der Waals surface area contributed by atoms with Gasteiger partial charge in [0.05, 0.1) is 16.2 Å². The molecule has 0 unspecified atom stereocenters. The van der Waals surface area contributed by atoms with Gasteiger partial charge in [-0.25, -0.2) is 4.98 Å². The molecule has 0 bridgehead atoms. The number of carbonyl (C=O) groups is 1. The van der Waals surface area contributed by atoms with Crippen LogP contribution in [0.1, 0.15) is 10.4 Å². The Labute approximate surface area is 119 Å². The Hall–Kier alpha value is -2.00. The summed E-state index contributed by atoms with van der Waals surface area (Å²) in [5, 5.41) is 13.0. The number of hydrogen-bond acceptors (Lipinski definition) is 6. The van der Waals surface area contributed by atoms with Crippen LogP contribution in [0.25, 0.3) is 0 Å². The summed E-state index contributed by atoms with van der Waals surface area (Å²) in [7, 11) is 0. The van der Waals surface area contributed by atoms with Gasteiger partial charge in [-0.15, -0.1) is 0 Å². The molecule has 1 aromatic heterocycles. The van der Waals surface area contributed by atoms with Crippen LogP contribution in [0.15, 0.2) is 28.9 Å². The molecule has 0 atom stereocenters. The molecule has 0 aliphatic rings. The molecule has 1 heterocycles. The van der Waals surface area contributed by atoms with Crippen LogP contribution in [0.3, 0.4) is 0 Å². The summed E-state index contributed by atoms with van der Waals surface area (Å²) in [4.78, 5) is 25.6. The van der Waals surface area contributed by atoms with Gasteiger partial charge in [0.25, 0.3) is 5.91 Å². The molecule has 0 spiro atoms. The van der Waals surface area contributed by atoms with E-state index >= 15 is 0 Å². The molecule has 0 aliphatic heterocycles. The lowest BCUT2D eigenvalue weighted by molar-refractivity contribution is -0.380. The van der Waals surface area contributed by atoms with Gasteiger partial charge in [-0.1, -0.05) is 6.07 Å². The second-order valence-corrected chi connectivity index (χ2v) is 5.28. The van der Waals surface area contributed by atoms with Crippen LogP contribution in [0.5, 0.6) is 0 Å². The molecule has 2 aromatic rings. The second-order valence-electron chi connectivity index (χ2n) is 3.42. The number of halogens is 1. The fraction of sp³-hybridized carbons (Fsp3) is 0. The number of anilines is 2. The molecule has 0 saturated heterocycles. The van der Waals surface area contributed by atoms with E-state index in [1.165, 1.54) is 0 Å². The Balaban J connectivity index is 2.21. The van der Waals surface area contributed by atoms with Gasteiger partial charge in [-0.3, -0.25) is 20.2 Å². The number of aromatic nitrogens is 1. The molecule has 0 radical (unpaired) electrons. The van der Waals surface area contributed by atoms with Crippen molar-refractivity contribution in [3.8, 4) is 0 Å². The topological polar surface area (TPSA) is 111 Å². The molecule has 19 heavy (non-hydrogen) atoms. The first-order valence-electron chi connectivity index (χ1n) is 4.94. The summed E-state index contributed by atoms with van der Waals surface area (Å²) in [5.41, 5.74) is 6.33. The number of benzene rings is 1. The fourth-order valence-electron chi connectivity index (χ4n) is 1.31. The minimum atomic E-state index is -0.569. The van der Waals surface area contributed by atoms with Crippen molar-refractivity contribution < 1.29 is 9.72 Å². The molecule has 0 saturated carbocycles. The Morgan fingerprint density at radius 1 is 1.53 bits per heavy atom. The Morgan fingerprint density at radius 3 is 2.89 bits per heavy atom. The molecular formula is C10H7BrN4O3S. The number of hydrogen-bond donors (Lipinski definition) is 2. The maximum absolute atomic E-state index is 12.0. The SMILES string of the molecule is Nc1c(Br)cccc1C(=O)Nc1ncc([N+](=O)[O-])s1. The third kappa shape index (κ3) is 2.88. The van der Waals surface area contributed by atoms with Gasteiger partial charge in [0.15, 0.2) is 5.13 Å². The number of para-hydroxylation sites is 1. The molecule has 7 nitrogen and oxygen atoms in total. The first-order chi connectivity index (χ1) is 8.99. The van der Waals surface area contributed by atoms with Crippen LogP contribution in [0.2, 0.25) is 0 Å². The van der Waals surface area contributed by atoms with Crippen molar-refractivity contribution in [3.63, 3.8) is 0 Å². The summed E-state index contributed by atoms with van der Waals surface area (Å²) < 4.78 is 0.602. The van der Waals surface area contributed by atoms with E-state index in [0.29, 0.717) is 10.2 Å². The van der Waals surface area contributed by atoms with E-state index < -0.39 is 10.8 Å². The third-order valence-corrected chi connectivity index (χ3v) is 3.75. The highest BCUT2D eigenvalue weighted by Gasteiger charge is 2.16. The van der Waals surface area contributed by atoms with E-state index in [2.05, 4.69) is 26.2 Å². The van der Waals surface area contributed by atoms with E-state index in [1.54, 1.807) is 18.2 Å². The third-order valence-electron chi connectivity index (χ3n) is 2.19. The van der Waals surface area contributed by atoms with Crippen molar-refractivity contribution in [2.75, 3.05) is 11.1 Å². The first kappa shape index (κ1) is 13.4. The zero-order valence-electron chi connectivity index (χ0n) is 9.29. The van der Waals surface area contributed by atoms with Crippen molar-refractivity contribution in [2.24, 2.45) is 0 Å². The van der Waals surface area contributed by atoms with Gasteiger partial charge in [-0.2, -0.15) is 0 Å². The number of thiazole rings is 1. The minimum absolute atomic E-state index is 0.141. The second kappa shape index (κ2) is 5.33.